The molecule has 1 atom stereocenters. The number of hydrogen-bond acceptors (Lipinski definition) is 4. The van der Waals surface area contributed by atoms with Crippen molar-refractivity contribution in [2.75, 3.05) is 37.3 Å². The first-order chi connectivity index (χ1) is 9.58. The maximum absolute atomic E-state index is 12.0. The molecule has 0 aromatic heterocycles. The molecule has 5 heteroatoms. The molecule has 1 aliphatic heterocycles. The van der Waals surface area contributed by atoms with Crippen molar-refractivity contribution in [1.82, 2.24) is 4.90 Å². The standard InChI is InChI=1S/C15H23N3O2/c1-11-8-13(16)2-3-14(11)17-15(20)10-18-6-4-12(9-18)5-7-19/h2-3,8,12,19H,4-7,9-10,16H2,1H3,(H,17,20). The lowest BCUT2D eigenvalue weighted by Gasteiger charge is -2.16. The normalized spacial score (nSPS) is 19.2. The number of aryl methyl sites for hydroxylation is 1. The van der Waals surface area contributed by atoms with E-state index in [2.05, 4.69) is 10.2 Å². The summed E-state index contributed by atoms with van der Waals surface area (Å²) >= 11 is 0. The fourth-order valence-electron chi connectivity index (χ4n) is 2.69. The number of carbonyl (C=O) groups excluding carboxylic acids is 1. The summed E-state index contributed by atoms with van der Waals surface area (Å²) in [5, 5.41) is 11.9. The van der Waals surface area contributed by atoms with Crippen molar-refractivity contribution in [3.05, 3.63) is 23.8 Å². The van der Waals surface area contributed by atoms with Gasteiger partial charge in [-0.3, -0.25) is 9.69 Å². The number of likely N-dealkylation sites (tertiary alicyclic amines) is 1. The Morgan fingerprint density at radius 2 is 2.35 bits per heavy atom. The molecule has 2 rings (SSSR count). The van der Waals surface area contributed by atoms with Gasteiger partial charge in [-0.1, -0.05) is 0 Å². The van der Waals surface area contributed by atoms with Gasteiger partial charge in [0.1, 0.15) is 0 Å². The molecule has 0 spiro atoms. The summed E-state index contributed by atoms with van der Waals surface area (Å²) in [6, 6.07) is 5.47. The van der Waals surface area contributed by atoms with Crippen molar-refractivity contribution < 1.29 is 9.90 Å². The number of rotatable bonds is 5. The number of aliphatic hydroxyl groups is 1. The van der Waals surface area contributed by atoms with Gasteiger partial charge < -0.3 is 16.2 Å². The molecule has 110 valence electrons. The quantitative estimate of drug-likeness (QED) is 0.707. The molecule has 1 heterocycles. The second-order valence-corrected chi connectivity index (χ2v) is 5.52. The van der Waals surface area contributed by atoms with Crippen LogP contribution in [0.1, 0.15) is 18.4 Å². The number of carbonyl (C=O) groups is 1. The van der Waals surface area contributed by atoms with Crippen molar-refractivity contribution in [3.8, 4) is 0 Å². The number of nitrogens with zero attached hydrogens (tertiary/aromatic N) is 1. The maximum atomic E-state index is 12.0. The topological polar surface area (TPSA) is 78.6 Å². The lowest BCUT2D eigenvalue weighted by atomic mass is 10.1. The molecule has 1 aromatic rings. The van der Waals surface area contributed by atoms with E-state index in [1.54, 1.807) is 6.07 Å². The molecule has 0 radical (unpaired) electrons. The number of amides is 1. The highest BCUT2D eigenvalue weighted by atomic mass is 16.3. The van der Waals surface area contributed by atoms with E-state index in [0.717, 1.165) is 37.2 Å². The number of nitrogen functional groups attached to an aromatic ring is 1. The van der Waals surface area contributed by atoms with E-state index in [4.69, 9.17) is 10.8 Å². The van der Waals surface area contributed by atoms with Crippen LogP contribution in [0.15, 0.2) is 18.2 Å². The summed E-state index contributed by atoms with van der Waals surface area (Å²) in [5.74, 6) is 0.522. The second kappa shape index (κ2) is 6.72. The molecule has 4 N–H and O–H groups in total. The number of aliphatic hydroxyl groups excluding tert-OH is 1. The van der Waals surface area contributed by atoms with Crippen molar-refractivity contribution in [3.63, 3.8) is 0 Å². The lowest BCUT2D eigenvalue weighted by Crippen LogP contribution is -2.31. The highest BCUT2D eigenvalue weighted by Crippen LogP contribution is 2.20. The third-order valence-electron chi connectivity index (χ3n) is 3.80. The number of benzene rings is 1. The number of nitrogens with one attached hydrogen (secondary N) is 1. The van der Waals surface area contributed by atoms with E-state index < -0.39 is 0 Å². The van der Waals surface area contributed by atoms with Gasteiger partial charge in [0.05, 0.1) is 6.54 Å². The molecule has 1 unspecified atom stereocenters. The zero-order valence-corrected chi connectivity index (χ0v) is 11.9. The number of anilines is 2. The van der Waals surface area contributed by atoms with Gasteiger partial charge in [0.2, 0.25) is 5.91 Å². The maximum Gasteiger partial charge on any atom is 0.238 e. The molecule has 5 nitrogen and oxygen atoms in total. The van der Waals surface area contributed by atoms with E-state index in [-0.39, 0.29) is 12.5 Å². The molecule has 1 fully saturated rings. The minimum absolute atomic E-state index is 0.00233. The fourth-order valence-corrected chi connectivity index (χ4v) is 2.69. The molecular formula is C15H23N3O2. The van der Waals surface area contributed by atoms with E-state index in [1.807, 2.05) is 19.1 Å². The highest BCUT2D eigenvalue weighted by molar-refractivity contribution is 5.93. The molecule has 1 aliphatic rings. The molecular weight excluding hydrogens is 254 g/mol. The molecule has 1 amide bonds. The van der Waals surface area contributed by atoms with Crippen LogP contribution in [0.25, 0.3) is 0 Å². The summed E-state index contributed by atoms with van der Waals surface area (Å²) in [5.41, 5.74) is 8.18. The Morgan fingerprint density at radius 3 is 3.05 bits per heavy atom. The number of hydrogen-bond donors (Lipinski definition) is 3. The third kappa shape index (κ3) is 3.95. The van der Waals surface area contributed by atoms with Crippen LogP contribution in [0.5, 0.6) is 0 Å². The lowest BCUT2D eigenvalue weighted by molar-refractivity contribution is -0.117. The van der Waals surface area contributed by atoms with Crippen molar-refractivity contribution >= 4 is 17.3 Å². The Balaban J connectivity index is 1.84. The summed E-state index contributed by atoms with van der Waals surface area (Å²) in [6.07, 6.45) is 1.89. The van der Waals surface area contributed by atoms with Crippen LogP contribution < -0.4 is 11.1 Å². The predicted molar refractivity (Wildman–Crippen MR) is 80.5 cm³/mol. The van der Waals surface area contributed by atoms with Crippen LogP contribution in [0.4, 0.5) is 11.4 Å². The first-order valence-corrected chi connectivity index (χ1v) is 7.07. The van der Waals surface area contributed by atoms with Gasteiger partial charge in [-0.15, -0.1) is 0 Å². The van der Waals surface area contributed by atoms with E-state index in [1.165, 1.54) is 0 Å². The van der Waals surface area contributed by atoms with Crippen molar-refractivity contribution in [2.24, 2.45) is 5.92 Å². The molecule has 0 saturated carbocycles. The SMILES string of the molecule is Cc1cc(N)ccc1NC(=O)CN1CCC(CCO)C1. The van der Waals surface area contributed by atoms with Crippen molar-refractivity contribution in [2.45, 2.75) is 19.8 Å². The van der Waals surface area contributed by atoms with Crippen LogP contribution in [0.2, 0.25) is 0 Å². The van der Waals surface area contributed by atoms with Crippen molar-refractivity contribution in [1.29, 1.82) is 0 Å². The summed E-state index contributed by atoms with van der Waals surface area (Å²) in [4.78, 5) is 14.2. The number of nitrogens with two attached hydrogens (primary N) is 1. The largest absolute Gasteiger partial charge is 0.399 e. The zero-order chi connectivity index (χ0) is 14.5. The van der Waals surface area contributed by atoms with Crippen LogP contribution in [0.3, 0.4) is 0 Å². The van der Waals surface area contributed by atoms with Crippen LogP contribution in [-0.4, -0.2) is 42.2 Å². The van der Waals surface area contributed by atoms with E-state index >= 15 is 0 Å². The van der Waals surface area contributed by atoms with Gasteiger partial charge in [-0.05, 0) is 56.0 Å². The second-order valence-electron chi connectivity index (χ2n) is 5.52. The van der Waals surface area contributed by atoms with Gasteiger partial charge in [-0.25, -0.2) is 0 Å². The van der Waals surface area contributed by atoms with Gasteiger partial charge in [-0.2, -0.15) is 0 Å². The highest BCUT2D eigenvalue weighted by Gasteiger charge is 2.23. The summed E-state index contributed by atoms with van der Waals surface area (Å²) in [6.45, 7) is 4.40. The van der Waals surface area contributed by atoms with E-state index in [9.17, 15) is 4.79 Å². The average molecular weight is 277 g/mol. The van der Waals surface area contributed by atoms with Gasteiger partial charge >= 0.3 is 0 Å². The fraction of sp³-hybridized carbons (Fsp3) is 0.533. The average Bonchev–Trinajstić information content (AvgIpc) is 2.81. The predicted octanol–water partition coefficient (Wildman–Crippen LogP) is 1.22. The Bertz CT molecular complexity index is 476. The molecule has 20 heavy (non-hydrogen) atoms. The third-order valence-corrected chi connectivity index (χ3v) is 3.80. The van der Waals surface area contributed by atoms with Crippen LogP contribution in [0, 0.1) is 12.8 Å². The molecule has 1 saturated heterocycles. The minimum Gasteiger partial charge on any atom is -0.399 e. The van der Waals surface area contributed by atoms with E-state index in [0.29, 0.717) is 18.2 Å². The minimum atomic E-state index is 0.00233. The smallest absolute Gasteiger partial charge is 0.238 e. The molecule has 0 bridgehead atoms. The van der Waals surface area contributed by atoms with Gasteiger partial charge in [0, 0.05) is 24.5 Å². The molecule has 0 aliphatic carbocycles. The Kier molecular flexibility index (Phi) is 4.98. The zero-order valence-electron chi connectivity index (χ0n) is 11.9. The first-order valence-electron chi connectivity index (χ1n) is 7.07. The Labute approximate surface area is 119 Å². The van der Waals surface area contributed by atoms with Crippen LogP contribution >= 0.6 is 0 Å². The first kappa shape index (κ1) is 14.8. The summed E-state index contributed by atoms with van der Waals surface area (Å²) < 4.78 is 0. The van der Waals surface area contributed by atoms with Crippen LogP contribution in [-0.2, 0) is 4.79 Å². The molecule has 1 aromatic carbocycles. The van der Waals surface area contributed by atoms with Gasteiger partial charge in [0.25, 0.3) is 0 Å². The monoisotopic (exact) mass is 277 g/mol. The summed E-state index contributed by atoms with van der Waals surface area (Å²) in [7, 11) is 0. The Hall–Kier alpha value is -1.59. The Morgan fingerprint density at radius 1 is 1.55 bits per heavy atom. The van der Waals surface area contributed by atoms with Gasteiger partial charge in [0.15, 0.2) is 0 Å².